The van der Waals surface area contributed by atoms with Crippen LogP contribution in [0.5, 0.6) is 0 Å². The predicted molar refractivity (Wildman–Crippen MR) is 140 cm³/mol. The molecule has 0 radical (unpaired) electrons. The lowest BCUT2D eigenvalue weighted by atomic mass is 10.1. The zero-order valence-corrected chi connectivity index (χ0v) is 20.9. The van der Waals surface area contributed by atoms with E-state index in [1.807, 2.05) is 54.7 Å². The van der Waals surface area contributed by atoms with E-state index >= 15 is 0 Å². The quantitative estimate of drug-likeness (QED) is 0.410. The van der Waals surface area contributed by atoms with Crippen LogP contribution in [0.4, 0.5) is 4.79 Å². The number of imide groups is 1. The number of nitrogens with zero attached hydrogens (tertiary/aromatic N) is 3. The molecule has 2 aromatic carbocycles. The number of amides is 3. The van der Waals surface area contributed by atoms with Crippen LogP contribution >= 0.6 is 23.4 Å². The van der Waals surface area contributed by atoms with Gasteiger partial charge in [0.25, 0.3) is 11.1 Å². The van der Waals surface area contributed by atoms with Gasteiger partial charge in [0.15, 0.2) is 0 Å². The van der Waals surface area contributed by atoms with Gasteiger partial charge < -0.3 is 9.47 Å². The van der Waals surface area contributed by atoms with Gasteiger partial charge >= 0.3 is 0 Å². The highest BCUT2D eigenvalue weighted by Crippen LogP contribution is 2.34. The molecular weight excluding hydrogens is 482 g/mol. The first-order valence-corrected chi connectivity index (χ1v) is 13.0. The van der Waals surface area contributed by atoms with Crippen molar-refractivity contribution in [2.45, 2.75) is 32.2 Å². The van der Waals surface area contributed by atoms with Gasteiger partial charge in [-0.05, 0) is 54.4 Å². The lowest BCUT2D eigenvalue weighted by molar-refractivity contribution is -0.135. The van der Waals surface area contributed by atoms with Gasteiger partial charge in [-0.2, -0.15) is 0 Å². The largest absolute Gasteiger partial charge is 0.342 e. The van der Waals surface area contributed by atoms with E-state index in [0.717, 1.165) is 64.4 Å². The summed E-state index contributed by atoms with van der Waals surface area (Å²) >= 11 is 6.92. The summed E-state index contributed by atoms with van der Waals surface area (Å²) in [5, 5.41) is 1.29. The van der Waals surface area contributed by atoms with Crippen molar-refractivity contribution in [2.24, 2.45) is 0 Å². The fraction of sp³-hybridized carbons (Fsp3) is 0.296. The Morgan fingerprint density at radius 1 is 0.971 bits per heavy atom. The van der Waals surface area contributed by atoms with Crippen molar-refractivity contribution in [3.8, 4) is 0 Å². The summed E-state index contributed by atoms with van der Waals surface area (Å²) in [5.41, 5.74) is 3.00. The minimum atomic E-state index is -0.405. The number of carbonyl (C=O) groups excluding carboxylic acids is 3. The molecule has 3 amide bonds. The SMILES string of the molecule is O=C(CN1C(=O)SC(=Cc2cn(Cc3ccc(Cl)cc3)c3ccccc23)C1=O)N1CCCCCC1. The van der Waals surface area contributed by atoms with Crippen molar-refractivity contribution in [1.29, 1.82) is 0 Å². The minimum absolute atomic E-state index is 0.157. The molecule has 180 valence electrons. The maximum absolute atomic E-state index is 13.1. The molecule has 2 saturated heterocycles. The molecular formula is C27H26ClN3O3S. The van der Waals surface area contributed by atoms with E-state index in [0.29, 0.717) is 29.6 Å². The van der Waals surface area contributed by atoms with Crippen LogP contribution in [0.15, 0.2) is 59.6 Å². The number of aromatic nitrogens is 1. The lowest BCUT2D eigenvalue weighted by Gasteiger charge is -2.22. The molecule has 0 saturated carbocycles. The van der Waals surface area contributed by atoms with Crippen molar-refractivity contribution < 1.29 is 14.4 Å². The second-order valence-electron chi connectivity index (χ2n) is 8.92. The second kappa shape index (κ2) is 10.3. The van der Waals surface area contributed by atoms with E-state index in [4.69, 9.17) is 11.6 Å². The Kier molecular flexibility index (Phi) is 6.97. The molecule has 0 spiro atoms. The number of hydrogen-bond donors (Lipinski definition) is 0. The zero-order valence-electron chi connectivity index (χ0n) is 19.3. The van der Waals surface area contributed by atoms with Crippen LogP contribution < -0.4 is 0 Å². The Labute approximate surface area is 213 Å². The lowest BCUT2D eigenvalue weighted by Crippen LogP contribution is -2.42. The highest BCUT2D eigenvalue weighted by molar-refractivity contribution is 8.18. The molecule has 0 unspecified atom stereocenters. The van der Waals surface area contributed by atoms with E-state index in [-0.39, 0.29) is 12.5 Å². The third-order valence-corrected chi connectivity index (χ3v) is 7.66. The summed E-state index contributed by atoms with van der Waals surface area (Å²) in [4.78, 5) is 41.7. The Hall–Kier alpha value is -3.03. The summed E-state index contributed by atoms with van der Waals surface area (Å²) < 4.78 is 2.12. The normalized spacial score (nSPS) is 18.0. The van der Waals surface area contributed by atoms with E-state index in [9.17, 15) is 14.4 Å². The van der Waals surface area contributed by atoms with Crippen molar-refractivity contribution >= 4 is 57.4 Å². The van der Waals surface area contributed by atoms with E-state index in [2.05, 4.69) is 4.57 Å². The molecule has 0 bridgehead atoms. The molecule has 8 heteroatoms. The molecule has 3 aromatic rings. The maximum Gasteiger partial charge on any atom is 0.294 e. The molecule has 1 aromatic heterocycles. The first-order chi connectivity index (χ1) is 17.0. The molecule has 0 aliphatic carbocycles. The molecule has 3 heterocycles. The van der Waals surface area contributed by atoms with E-state index in [1.165, 1.54) is 0 Å². The summed E-state index contributed by atoms with van der Waals surface area (Å²) in [6.07, 6.45) is 7.91. The van der Waals surface area contributed by atoms with Gasteiger partial charge in [-0.3, -0.25) is 19.3 Å². The van der Waals surface area contributed by atoms with Crippen molar-refractivity contribution in [3.05, 3.63) is 75.8 Å². The summed E-state index contributed by atoms with van der Waals surface area (Å²) in [7, 11) is 0. The van der Waals surface area contributed by atoms with Crippen LogP contribution in [0.3, 0.4) is 0 Å². The molecule has 2 aliphatic rings. The van der Waals surface area contributed by atoms with Crippen LogP contribution in [0.25, 0.3) is 17.0 Å². The first kappa shape index (κ1) is 23.7. The number of likely N-dealkylation sites (tertiary alicyclic amines) is 1. The van der Waals surface area contributed by atoms with Crippen LogP contribution in [-0.4, -0.2) is 51.1 Å². The summed E-state index contributed by atoms with van der Waals surface area (Å²) in [6, 6.07) is 15.7. The van der Waals surface area contributed by atoms with Crippen LogP contribution in [0.2, 0.25) is 5.02 Å². The fourth-order valence-electron chi connectivity index (χ4n) is 4.64. The number of carbonyl (C=O) groups is 3. The Morgan fingerprint density at radius 2 is 1.69 bits per heavy atom. The average Bonchev–Trinajstić information content (AvgIpc) is 3.16. The second-order valence-corrected chi connectivity index (χ2v) is 10.3. The first-order valence-electron chi connectivity index (χ1n) is 11.8. The maximum atomic E-state index is 13.1. The molecule has 0 atom stereocenters. The Balaban J connectivity index is 1.38. The molecule has 0 N–H and O–H groups in total. The number of halogens is 1. The van der Waals surface area contributed by atoms with Gasteiger partial charge in [-0.15, -0.1) is 0 Å². The van der Waals surface area contributed by atoms with Gasteiger partial charge in [0, 0.05) is 47.3 Å². The topological polar surface area (TPSA) is 62.6 Å². The zero-order chi connectivity index (χ0) is 24.4. The molecule has 5 rings (SSSR count). The third kappa shape index (κ3) is 5.16. The monoisotopic (exact) mass is 507 g/mol. The summed E-state index contributed by atoms with van der Waals surface area (Å²) in [6.45, 7) is 1.84. The summed E-state index contributed by atoms with van der Waals surface area (Å²) in [5.74, 6) is -0.562. The highest BCUT2D eigenvalue weighted by Gasteiger charge is 2.37. The van der Waals surface area contributed by atoms with Crippen molar-refractivity contribution in [3.63, 3.8) is 0 Å². The van der Waals surface area contributed by atoms with Crippen LogP contribution in [0, 0.1) is 0 Å². The fourth-order valence-corrected chi connectivity index (χ4v) is 5.60. The van der Waals surface area contributed by atoms with Gasteiger partial charge in [0.05, 0.1) is 4.91 Å². The number of benzene rings is 2. The predicted octanol–water partition coefficient (Wildman–Crippen LogP) is 5.78. The van der Waals surface area contributed by atoms with Gasteiger partial charge in [-0.1, -0.05) is 54.8 Å². The van der Waals surface area contributed by atoms with Gasteiger partial charge in [0.1, 0.15) is 6.54 Å². The molecule has 35 heavy (non-hydrogen) atoms. The minimum Gasteiger partial charge on any atom is -0.342 e. The standard InChI is InChI=1S/C27H26ClN3O3S/c28-21-11-9-19(10-12-21)16-30-17-20(22-7-3-4-8-23(22)30)15-24-26(33)31(27(34)35-24)18-25(32)29-13-5-1-2-6-14-29/h3-4,7-12,15,17H,1-2,5-6,13-14,16,18H2. The smallest absolute Gasteiger partial charge is 0.294 e. The Bertz CT molecular complexity index is 1310. The van der Waals surface area contributed by atoms with Gasteiger partial charge in [0.2, 0.25) is 5.91 Å². The highest BCUT2D eigenvalue weighted by atomic mass is 35.5. The van der Waals surface area contributed by atoms with Gasteiger partial charge in [-0.25, -0.2) is 0 Å². The third-order valence-electron chi connectivity index (χ3n) is 6.50. The molecule has 2 aliphatic heterocycles. The van der Waals surface area contributed by atoms with E-state index < -0.39 is 11.1 Å². The number of hydrogen-bond acceptors (Lipinski definition) is 4. The molecule has 2 fully saturated rings. The average molecular weight is 508 g/mol. The van der Waals surface area contributed by atoms with Crippen LogP contribution in [-0.2, 0) is 16.1 Å². The number of thioether (sulfide) groups is 1. The number of fused-ring (bicyclic) bond motifs is 1. The van der Waals surface area contributed by atoms with Crippen LogP contribution in [0.1, 0.15) is 36.8 Å². The number of para-hydroxylation sites is 1. The van der Waals surface area contributed by atoms with Crippen molar-refractivity contribution in [2.75, 3.05) is 19.6 Å². The van der Waals surface area contributed by atoms with E-state index in [1.54, 1.807) is 11.0 Å². The number of rotatable bonds is 5. The molecule has 6 nitrogen and oxygen atoms in total. The Morgan fingerprint density at radius 3 is 2.43 bits per heavy atom. The van der Waals surface area contributed by atoms with Crippen molar-refractivity contribution in [1.82, 2.24) is 14.4 Å².